The van der Waals surface area contributed by atoms with Crippen LogP contribution in [0.4, 0.5) is 0 Å². The van der Waals surface area contributed by atoms with Gasteiger partial charge in [0.15, 0.2) is 0 Å². The zero-order valence-corrected chi connectivity index (χ0v) is 11.9. The molecule has 2 aromatic rings. The van der Waals surface area contributed by atoms with Gasteiger partial charge in [-0.2, -0.15) is 0 Å². The van der Waals surface area contributed by atoms with Crippen molar-refractivity contribution in [3.05, 3.63) is 59.2 Å². The molecule has 0 amide bonds. The summed E-state index contributed by atoms with van der Waals surface area (Å²) in [6.45, 7) is 4.22. The SMILES string of the molecule is Cc1ccc(C)c(SCc2ccc(B(O)O)cc2)c1. The lowest BCUT2D eigenvalue weighted by Gasteiger charge is -2.07. The Balaban J connectivity index is 2.04. The standard InChI is InChI=1S/C15H17BO2S/c1-11-3-4-12(2)15(9-11)19-10-13-5-7-14(8-6-13)16(17)18/h3-9,17-18H,10H2,1-2H3. The molecule has 0 heterocycles. The topological polar surface area (TPSA) is 40.5 Å². The van der Waals surface area contributed by atoms with Crippen LogP contribution < -0.4 is 5.46 Å². The summed E-state index contributed by atoms with van der Waals surface area (Å²) in [5.41, 5.74) is 4.26. The van der Waals surface area contributed by atoms with E-state index in [9.17, 15) is 0 Å². The number of hydrogen-bond acceptors (Lipinski definition) is 3. The molecular weight excluding hydrogens is 255 g/mol. The Morgan fingerprint density at radius 2 is 1.68 bits per heavy atom. The molecule has 0 radical (unpaired) electrons. The maximum atomic E-state index is 9.04. The van der Waals surface area contributed by atoms with Crippen molar-refractivity contribution in [2.45, 2.75) is 24.5 Å². The van der Waals surface area contributed by atoms with Crippen LogP contribution in [0.15, 0.2) is 47.4 Å². The third kappa shape index (κ3) is 3.87. The maximum absolute atomic E-state index is 9.04. The van der Waals surface area contributed by atoms with Crippen LogP contribution in [-0.2, 0) is 5.75 Å². The van der Waals surface area contributed by atoms with Crippen molar-refractivity contribution in [3.8, 4) is 0 Å². The Kier molecular flexibility index (Phi) is 4.69. The second-order valence-electron chi connectivity index (χ2n) is 4.67. The van der Waals surface area contributed by atoms with Gasteiger partial charge in [-0.1, -0.05) is 42.0 Å². The van der Waals surface area contributed by atoms with E-state index in [2.05, 4.69) is 32.0 Å². The molecule has 0 aliphatic rings. The summed E-state index contributed by atoms with van der Waals surface area (Å²) >= 11 is 1.80. The first kappa shape index (κ1) is 14.2. The first-order valence-electron chi connectivity index (χ1n) is 6.21. The van der Waals surface area contributed by atoms with Crippen LogP contribution in [0.1, 0.15) is 16.7 Å². The molecule has 0 spiro atoms. The van der Waals surface area contributed by atoms with Crippen molar-refractivity contribution in [3.63, 3.8) is 0 Å². The number of benzene rings is 2. The van der Waals surface area contributed by atoms with Crippen molar-refractivity contribution in [2.24, 2.45) is 0 Å². The van der Waals surface area contributed by atoms with Gasteiger partial charge in [-0.15, -0.1) is 11.8 Å². The van der Waals surface area contributed by atoms with Gasteiger partial charge in [0.25, 0.3) is 0 Å². The smallest absolute Gasteiger partial charge is 0.423 e. The van der Waals surface area contributed by atoms with Crippen LogP contribution in [0.2, 0.25) is 0 Å². The molecule has 2 rings (SSSR count). The summed E-state index contributed by atoms with van der Waals surface area (Å²) in [5.74, 6) is 0.881. The van der Waals surface area contributed by atoms with Crippen LogP contribution in [0.3, 0.4) is 0 Å². The minimum Gasteiger partial charge on any atom is -0.423 e. The fourth-order valence-electron chi connectivity index (χ4n) is 1.81. The highest BCUT2D eigenvalue weighted by Gasteiger charge is 2.09. The van der Waals surface area contributed by atoms with Crippen molar-refractivity contribution < 1.29 is 10.0 Å². The third-order valence-electron chi connectivity index (χ3n) is 3.02. The first-order chi connectivity index (χ1) is 9.06. The fourth-order valence-corrected chi connectivity index (χ4v) is 2.89. The second kappa shape index (κ2) is 6.28. The second-order valence-corrected chi connectivity index (χ2v) is 5.69. The molecule has 0 fully saturated rings. The first-order valence-corrected chi connectivity index (χ1v) is 7.20. The average Bonchev–Trinajstić information content (AvgIpc) is 2.40. The van der Waals surface area contributed by atoms with Crippen LogP contribution >= 0.6 is 11.8 Å². The number of rotatable bonds is 4. The van der Waals surface area contributed by atoms with E-state index in [1.807, 2.05) is 12.1 Å². The number of aryl methyl sites for hydroxylation is 2. The van der Waals surface area contributed by atoms with Gasteiger partial charge in [0, 0.05) is 10.6 Å². The summed E-state index contributed by atoms with van der Waals surface area (Å²) in [6, 6.07) is 13.8. The molecule has 0 saturated heterocycles. The van der Waals surface area contributed by atoms with E-state index in [1.165, 1.54) is 21.6 Å². The molecule has 0 bridgehead atoms. The molecule has 0 aromatic heterocycles. The predicted octanol–water partition coefficient (Wildman–Crippen LogP) is 2.28. The largest absolute Gasteiger partial charge is 0.488 e. The van der Waals surface area contributed by atoms with Gasteiger partial charge in [-0.25, -0.2) is 0 Å². The Labute approximate surface area is 118 Å². The Morgan fingerprint density at radius 1 is 1.00 bits per heavy atom. The van der Waals surface area contributed by atoms with Gasteiger partial charge in [-0.3, -0.25) is 0 Å². The lowest BCUT2D eigenvalue weighted by molar-refractivity contribution is 0.426. The zero-order valence-electron chi connectivity index (χ0n) is 11.1. The molecule has 0 aliphatic carbocycles. The molecule has 0 atom stereocenters. The van der Waals surface area contributed by atoms with Crippen LogP contribution in [-0.4, -0.2) is 17.2 Å². The van der Waals surface area contributed by atoms with Crippen molar-refractivity contribution in [1.82, 2.24) is 0 Å². The molecule has 0 unspecified atom stereocenters. The summed E-state index contributed by atoms with van der Waals surface area (Å²) in [7, 11) is -1.39. The van der Waals surface area contributed by atoms with E-state index in [1.54, 1.807) is 23.9 Å². The van der Waals surface area contributed by atoms with Gasteiger partial charge in [0.1, 0.15) is 0 Å². The molecular formula is C15H17BO2S. The van der Waals surface area contributed by atoms with Crippen LogP contribution in [0, 0.1) is 13.8 Å². The Morgan fingerprint density at radius 3 is 2.32 bits per heavy atom. The summed E-state index contributed by atoms with van der Waals surface area (Å²) in [5, 5.41) is 18.1. The fraction of sp³-hybridized carbons (Fsp3) is 0.200. The van der Waals surface area contributed by atoms with Gasteiger partial charge in [-0.05, 0) is 36.5 Å². The maximum Gasteiger partial charge on any atom is 0.488 e. The van der Waals surface area contributed by atoms with E-state index in [0.29, 0.717) is 5.46 Å². The molecule has 4 heteroatoms. The Hall–Kier alpha value is -1.23. The summed E-state index contributed by atoms with van der Waals surface area (Å²) in [6.07, 6.45) is 0. The molecule has 2 aromatic carbocycles. The minimum absolute atomic E-state index is 0.528. The lowest BCUT2D eigenvalue weighted by atomic mass is 9.80. The van der Waals surface area contributed by atoms with Crippen molar-refractivity contribution in [2.75, 3.05) is 0 Å². The van der Waals surface area contributed by atoms with Crippen LogP contribution in [0.5, 0.6) is 0 Å². The molecule has 2 nitrogen and oxygen atoms in total. The van der Waals surface area contributed by atoms with E-state index in [4.69, 9.17) is 10.0 Å². The van der Waals surface area contributed by atoms with E-state index in [0.717, 1.165) is 5.75 Å². The monoisotopic (exact) mass is 272 g/mol. The van der Waals surface area contributed by atoms with Gasteiger partial charge in [0.2, 0.25) is 0 Å². The minimum atomic E-state index is -1.39. The summed E-state index contributed by atoms with van der Waals surface area (Å²) < 4.78 is 0. The highest BCUT2D eigenvalue weighted by molar-refractivity contribution is 7.98. The van der Waals surface area contributed by atoms with Crippen molar-refractivity contribution >= 4 is 24.3 Å². The van der Waals surface area contributed by atoms with E-state index in [-0.39, 0.29) is 0 Å². The average molecular weight is 272 g/mol. The quantitative estimate of drug-likeness (QED) is 0.662. The normalized spacial score (nSPS) is 10.5. The molecule has 0 saturated carbocycles. The Bertz CT molecular complexity index is 553. The van der Waals surface area contributed by atoms with Crippen molar-refractivity contribution in [1.29, 1.82) is 0 Å². The predicted molar refractivity (Wildman–Crippen MR) is 81.7 cm³/mol. The molecule has 2 N–H and O–H groups in total. The highest BCUT2D eigenvalue weighted by atomic mass is 32.2. The molecule has 98 valence electrons. The van der Waals surface area contributed by atoms with E-state index >= 15 is 0 Å². The number of hydrogen-bond donors (Lipinski definition) is 2. The highest BCUT2D eigenvalue weighted by Crippen LogP contribution is 2.26. The van der Waals surface area contributed by atoms with Gasteiger partial charge in [0.05, 0.1) is 0 Å². The summed E-state index contributed by atoms with van der Waals surface area (Å²) in [4.78, 5) is 1.30. The molecule has 19 heavy (non-hydrogen) atoms. The molecule has 0 aliphatic heterocycles. The van der Waals surface area contributed by atoms with Crippen LogP contribution in [0.25, 0.3) is 0 Å². The van der Waals surface area contributed by atoms with Gasteiger partial charge >= 0.3 is 7.12 Å². The number of thioether (sulfide) groups is 1. The third-order valence-corrected chi connectivity index (χ3v) is 4.24. The van der Waals surface area contributed by atoms with E-state index < -0.39 is 7.12 Å². The lowest BCUT2D eigenvalue weighted by Crippen LogP contribution is -2.29. The van der Waals surface area contributed by atoms with Gasteiger partial charge < -0.3 is 10.0 Å². The zero-order chi connectivity index (χ0) is 13.8.